The summed E-state index contributed by atoms with van der Waals surface area (Å²) in [6.07, 6.45) is 1.55. The van der Waals surface area contributed by atoms with Gasteiger partial charge in [0.2, 0.25) is 0 Å². The summed E-state index contributed by atoms with van der Waals surface area (Å²) in [6.45, 7) is 0.262. The molecule has 0 spiro atoms. The number of rotatable bonds is 7. The third-order valence-corrected chi connectivity index (χ3v) is 6.30. The van der Waals surface area contributed by atoms with Crippen LogP contribution in [0.4, 0.5) is 0 Å². The average Bonchev–Trinajstić information content (AvgIpc) is 2.93. The lowest BCUT2D eigenvalue weighted by Gasteiger charge is -2.11. The topological polar surface area (TPSA) is 63.6 Å². The highest BCUT2D eigenvalue weighted by Gasteiger charge is 2.13. The number of halogens is 2. The summed E-state index contributed by atoms with van der Waals surface area (Å²) in [7, 11) is 0. The number of carbonyl (C=O) groups is 1. The van der Waals surface area contributed by atoms with Crippen LogP contribution in [0.2, 0.25) is 10.0 Å². The van der Waals surface area contributed by atoms with E-state index in [9.17, 15) is 4.79 Å². The molecule has 4 aromatic carbocycles. The summed E-state index contributed by atoms with van der Waals surface area (Å²) in [5.41, 5.74) is 7.03. The first-order chi connectivity index (χ1) is 18.1. The quantitative estimate of drug-likeness (QED) is 0.176. The standard InChI is InChI=1S/C30H21Cl2N3O2/c31-23-15-14-22(26(32)16-23)19-37-29-13-7-4-10-21(29)18-33-35-30(36)25-17-28(20-8-2-1-3-9-20)34-27-12-6-5-11-24(25)27/h1-18H,19H2,(H,35,36)/b33-18-. The van der Waals surface area contributed by atoms with Gasteiger partial charge in [-0.2, -0.15) is 5.10 Å². The van der Waals surface area contributed by atoms with Crippen LogP contribution in [0, 0.1) is 0 Å². The van der Waals surface area contributed by atoms with Gasteiger partial charge in [0.15, 0.2) is 0 Å². The van der Waals surface area contributed by atoms with Gasteiger partial charge in [-0.25, -0.2) is 10.4 Å². The number of nitrogens with zero attached hydrogens (tertiary/aromatic N) is 2. The van der Waals surface area contributed by atoms with Gasteiger partial charge in [0, 0.05) is 32.1 Å². The van der Waals surface area contributed by atoms with Gasteiger partial charge in [0.1, 0.15) is 12.4 Å². The number of amides is 1. The second kappa shape index (κ2) is 11.2. The molecule has 0 bridgehead atoms. The fourth-order valence-electron chi connectivity index (χ4n) is 3.85. The van der Waals surface area contributed by atoms with Gasteiger partial charge >= 0.3 is 0 Å². The third kappa shape index (κ3) is 5.80. The van der Waals surface area contributed by atoms with E-state index < -0.39 is 0 Å². The Morgan fingerprint density at radius 3 is 2.49 bits per heavy atom. The van der Waals surface area contributed by atoms with E-state index in [1.165, 1.54) is 0 Å². The van der Waals surface area contributed by atoms with Gasteiger partial charge in [-0.1, -0.05) is 89.9 Å². The van der Waals surface area contributed by atoms with Crippen LogP contribution in [0.5, 0.6) is 5.75 Å². The minimum atomic E-state index is -0.335. The Balaban J connectivity index is 1.35. The molecule has 0 aliphatic rings. The predicted octanol–water partition coefficient (Wildman–Crippen LogP) is 7.55. The van der Waals surface area contributed by atoms with Crippen molar-refractivity contribution in [2.75, 3.05) is 0 Å². The summed E-state index contributed by atoms with van der Waals surface area (Å²) >= 11 is 12.2. The summed E-state index contributed by atoms with van der Waals surface area (Å²) in [5, 5.41) is 6.05. The number of hydrogen-bond donors (Lipinski definition) is 1. The Morgan fingerprint density at radius 1 is 0.892 bits per heavy atom. The van der Waals surface area contributed by atoms with Crippen LogP contribution in [0.25, 0.3) is 22.2 Å². The van der Waals surface area contributed by atoms with E-state index in [2.05, 4.69) is 10.5 Å². The van der Waals surface area contributed by atoms with E-state index in [0.29, 0.717) is 32.6 Å². The molecule has 5 aromatic rings. The molecule has 0 saturated carbocycles. The zero-order valence-electron chi connectivity index (χ0n) is 19.6. The van der Waals surface area contributed by atoms with E-state index in [4.69, 9.17) is 32.9 Å². The minimum absolute atomic E-state index is 0.262. The van der Waals surface area contributed by atoms with Gasteiger partial charge < -0.3 is 4.74 Å². The Bertz CT molecular complexity index is 1600. The van der Waals surface area contributed by atoms with Crippen LogP contribution >= 0.6 is 23.2 Å². The second-order valence-corrected chi connectivity index (χ2v) is 9.04. The van der Waals surface area contributed by atoms with E-state index >= 15 is 0 Å². The molecule has 0 atom stereocenters. The molecule has 7 heteroatoms. The molecule has 5 rings (SSSR count). The van der Waals surface area contributed by atoms with E-state index in [-0.39, 0.29) is 12.5 Å². The predicted molar refractivity (Wildman–Crippen MR) is 149 cm³/mol. The normalized spacial score (nSPS) is 11.1. The largest absolute Gasteiger partial charge is 0.488 e. The Morgan fingerprint density at radius 2 is 1.65 bits per heavy atom. The van der Waals surface area contributed by atoms with E-state index in [1.807, 2.05) is 84.9 Å². The van der Waals surface area contributed by atoms with Crippen molar-refractivity contribution in [2.24, 2.45) is 5.10 Å². The summed E-state index contributed by atoms with van der Waals surface area (Å²) in [4.78, 5) is 17.9. The number of carbonyl (C=O) groups excluding carboxylic acids is 1. The third-order valence-electron chi connectivity index (χ3n) is 5.72. The first-order valence-electron chi connectivity index (χ1n) is 11.5. The number of nitrogens with one attached hydrogen (secondary N) is 1. The second-order valence-electron chi connectivity index (χ2n) is 8.20. The summed E-state index contributed by atoms with van der Waals surface area (Å²) in [6, 6.07) is 31.8. The molecule has 5 nitrogen and oxygen atoms in total. The molecule has 0 aliphatic carbocycles. The minimum Gasteiger partial charge on any atom is -0.488 e. The van der Waals surface area contributed by atoms with Crippen molar-refractivity contribution >= 4 is 46.2 Å². The number of ether oxygens (including phenoxy) is 1. The highest BCUT2D eigenvalue weighted by atomic mass is 35.5. The van der Waals surface area contributed by atoms with E-state index in [0.717, 1.165) is 22.0 Å². The molecular weight excluding hydrogens is 505 g/mol. The zero-order valence-corrected chi connectivity index (χ0v) is 21.1. The van der Waals surface area contributed by atoms with Crippen molar-refractivity contribution in [2.45, 2.75) is 6.61 Å². The molecule has 1 N–H and O–H groups in total. The maximum Gasteiger partial charge on any atom is 0.272 e. The fraction of sp³-hybridized carbons (Fsp3) is 0.0333. The van der Waals surface area contributed by atoms with Crippen LogP contribution in [-0.2, 0) is 6.61 Å². The number of hydrogen-bond acceptors (Lipinski definition) is 4. The molecule has 37 heavy (non-hydrogen) atoms. The summed E-state index contributed by atoms with van der Waals surface area (Å²) in [5.74, 6) is 0.269. The van der Waals surface area contributed by atoms with Crippen molar-refractivity contribution in [3.8, 4) is 17.0 Å². The molecule has 0 saturated heterocycles. The van der Waals surface area contributed by atoms with Gasteiger partial charge in [-0.15, -0.1) is 0 Å². The van der Waals surface area contributed by atoms with Crippen LogP contribution in [0.15, 0.2) is 108 Å². The van der Waals surface area contributed by atoms with Gasteiger partial charge in [0.25, 0.3) is 5.91 Å². The molecule has 182 valence electrons. The first-order valence-corrected chi connectivity index (χ1v) is 12.3. The number of aromatic nitrogens is 1. The molecule has 0 fully saturated rings. The van der Waals surface area contributed by atoms with Crippen LogP contribution in [-0.4, -0.2) is 17.1 Å². The number of para-hydroxylation sites is 2. The Kier molecular flexibility index (Phi) is 7.45. The van der Waals surface area contributed by atoms with Crippen molar-refractivity contribution in [3.63, 3.8) is 0 Å². The highest BCUT2D eigenvalue weighted by molar-refractivity contribution is 6.35. The van der Waals surface area contributed by atoms with E-state index in [1.54, 1.807) is 24.4 Å². The molecule has 1 amide bonds. The summed E-state index contributed by atoms with van der Waals surface area (Å²) < 4.78 is 5.97. The zero-order chi connectivity index (χ0) is 25.6. The maximum absolute atomic E-state index is 13.2. The van der Waals surface area contributed by atoms with Gasteiger partial charge in [0.05, 0.1) is 23.0 Å². The molecule has 0 aliphatic heterocycles. The van der Waals surface area contributed by atoms with Crippen molar-refractivity contribution < 1.29 is 9.53 Å². The molecule has 0 radical (unpaired) electrons. The molecule has 1 aromatic heterocycles. The smallest absolute Gasteiger partial charge is 0.272 e. The molecule has 0 unspecified atom stereocenters. The lowest BCUT2D eigenvalue weighted by molar-refractivity contribution is 0.0956. The molecular formula is C30H21Cl2N3O2. The van der Waals surface area contributed by atoms with Crippen LogP contribution in [0.1, 0.15) is 21.5 Å². The van der Waals surface area contributed by atoms with Crippen molar-refractivity contribution in [3.05, 3.63) is 130 Å². The lowest BCUT2D eigenvalue weighted by Crippen LogP contribution is -2.18. The lowest BCUT2D eigenvalue weighted by atomic mass is 10.0. The Labute approximate surface area is 224 Å². The van der Waals surface area contributed by atoms with Crippen molar-refractivity contribution in [1.29, 1.82) is 0 Å². The van der Waals surface area contributed by atoms with Crippen molar-refractivity contribution in [1.82, 2.24) is 10.4 Å². The van der Waals surface area contributed by atoms with Gasteiger partial charge in [-0.05, 0) is 36.4 Å². The monoisotopic (exact) mass is 525 g/mol. The average molecular weight is 526 g/mol. The van der Waals surface area contributed by atoms with Crippen LogP contribution in [0.3, 0.4) is 0 Å². The van der Waals surface area contributed by atoms with Gasteiger partial charge in [-0.3, -0.25) is 4.79 Å². The first kappa shape index (κ1) is 24.5. The Hall–Kier alpha value is -4.19. The number of hydrazone groups is 1. The molecule has 1 heterocycles. The number of pyridine rings is 1. The number of benzene rings is 4. The SMILES string of the molecule is O=C(N/N=C\c1ccccc1OCc1ccc(Cl)cc1Cl)c1cc(-c2ccccc2)nc2ccccc12. The van der Waals surface area contributed by atoms with Crippen LogP contribution < -0.4 is 10.2 Å². The maximum atomic E-state index is 13.2. The highest BCUT2D eigenvalue weighted by Crippen LogP contribution is 2.26. The number of fused-ring (bicyclic) bond motifs is 1. The fourth-order valence-corrected chi connectivity index (χ4v) is 4.32.